The first-order chi connectivity index (χ1) is 14.3. The largest absolute Gasteiger partial charge is 0.482 e. The highest BCUT2D eigenvalue weighted by molar-refractivity contribution is 5.95. The quantitative estimate of drug-likeness (QED) is 0.704. The van der Waals surface area contributed by atoms with E-state index in [9.17, 15) is 14.0 Å². The maximum absolute atomic E-state index is 13.1. The fraction of sp³-hybridized carbons (Fsp3) is 0.364. The zero-order valence-corrected chi connectivity index (χ0v) is 17.0. The van der Waals surface area contributed by atoms with Crippen molar-refractivity contribution in [2.75, 3.05) is 25.4 Å². The molecule has 0 bridgehead atoms. The molecule has 1 saturated heterocycles. The van der Waals surface area contributed by atoms with Crippen molar-refractivity contribution in [1.82, 2.24) is 9.80 Å². The normalized spacial score (nSPS) is 19.5. The molecule has 0 spiro atoms. The van der Waals surface area contributed by atoms with Gasteiger partial charge >= 0.3 is 5.97 Å². The third kappa shape index (κ3) is 4.88. The number of para-hydroxylation sites is 1. The van der Waals surface area contributed by atoms with Crippen LogP contribution in [0.2, 0.25) is 0 Å². The number of amides is 1. The molecule has 8 heteroatoms. The molecule has 2 aromatic rings. The van der Waals surface area contributed by atoms with E-state index in [4.69, 9.17) is 15.6 Å². The number of rotatable bonds is 6. The summed E-state index contributed by atoms with van der Waals surface area (Å²) in [5.41, 5.74) is 6.80. The minimum atomic E-state index is -1.15. The number of ether oxygens (including phenoxy) is 1. The highest BCUT2D eigenvalue weighted by Gasteiger charge is 2.32. The Kier molecular flexibility index (Phi) is 6.56. The lowest BCUT2D eigenvalue weighted by molar-refractivity contribution is -0.139. The number of nitrogens with two attached hydrogens (primary N) is 1. The van der Waals surface area contributed by atoms with Crippen LogP contribution in [0.3, 0.4) is 0 Å². The molecule has 2 atom stereocenters. The monoisotopic (exact) mass is 415 g/mol. The van der Waals surface area contributed by atoms with Crippen LogP contribution in [0.25, 0.3) is 0 Å². The third-order valence-electron chi connectivity index (χ3n) is 5.38. The molecule has 0 aromatic heterocycles. The predicted octanol–water partition coefficient (Wildman–Crippen LogP) is 2.61. The van der Waals surface area contributed by atoms with Crippen molar-refractivity contribution >= 4 is 17.6 Å². The predicted molar refractivity (Wildman–Crippen MR) is 111 cm³/mol. The Hall–Kier alpha value is -3.13. The number of piperazine rings is 1. The Morgan fingerprint density at radius 3 is 2.50 bits per heavy atom. The van der Waals surface area contributed by atoms with Gasteiger partial charge in [-0.1, -0.05) is 18.2 Å². The molecule has 1 amide bonds. The molecule has 160 valence electrons. The fourth-order valence-electron chi connectivity index (χ4n) is 3.67. The van der Waals surface area contributed by atoms with Crippen molar-refractivity contribution in [3.05, 3.63) is 59.4 Å². The molecule has 0 unspecified atom stereocenters. The first-order valence-electron chi connectivity index (χ1n) is 9.78. The summed E-state index contributed by atoms with van der Waals surface area (Å²) in [6, 6.07) is 11.0. The van der Waals surface area contributed by atoms with Gasteiger partial charge in [0.05, 0.1) is 11.3 Å². The number of anilines is 1. The van der Waals surface area contributed by atoms with Crippen molar-refractivity contribution in [2.24, 2.45) is 0 Å². The van der Waals surface area contributed by atoms with Crippen molar-refractivity contribution in [2.45, 2.75) is 32.5 Å². The van der Waals surface area contributed by atoms with Crippen LogP contribution in [0.15, 0.2) is 42.5 Å². The summed E-state index contributed by atoms with van der Waals surface area (Å²) in [6.45, 7) is 5.70. The first kappa shape index (κ1) is 21.6. The first-order valence-corrected chi connectivity index (χ1v) is 9.78. The molecule has 3 N–H and O–H groups in total. The Morgan fingerprint density at radius 2 is 1.83 bits per heavy atom. The molecule has 30 heavy (non-hydrogen) atoms. The van der Waals surface area contributed by atoms with Crippen LogP contribution in [0.1, 0.15) is 29.8 Å². The van der Waals surface area contributed by atoms with Crippen molar-refractivity contribution in [3.63, 3.8) is 0 Å². The number of halogens is 1. The molecule has 1 fully saturated rings. The second-order valence-corrected chi connectivity index (χ2v) is 7.61. The summed E-state index contributed by atoms with van der Waals surface area (Å²) in [5, 5.41) is 9.15. The number of carbonyl (C=O) groups is 2. The number of nitrogens with zero attached hydrogens (tertiary/aromatic N) is 2. The molecule has 1 heterocycles. The lowest BCUT2D eigenvalue weighted by atomic mass is 10.1. The minimum Gasteiger partial charge on any atom is -0.482 e. The number of carboxylic acid groups (broad SMARTS) is 1. The third-order valence-corrected chi connectivity index (χ3v) is 5.38. The molecule has 0 radical (unpaired) electrons. The van der Waals surface area contributed by atoms with Crippen molar-refractivity contribution in [1.29, 1.82) is 0 Å². The fourth-order valence-corrected chi connectivity index (χ4v) is 3.67. The molecule has 0 aliphatic carbocycles. The molecule has 3 rings (SSSR count). The van der Waals surface area contributed by atoms with E-state index in [0.717, 1.165) is 5.56 Å². The summed E-state index contributed by atoms with van der Waals surface area (Å²) in [6.07, 6.45) is 0. The highest BCUT2D eigenvalue weighted by atomic mass is 19.1. The van der Waals surface area contributed by atoms with E-state index < -0.39 is 5.97 Å². The van der Waals surface area contributed by atoms with Gasteiger partial charge in [-0.05, 0) is 43.7 Å². The van der Waals surface area contributed by atoms with Crippen LogP contribution in [0, 0.1) is 5.82 Å². The van der Waals surface area contributed by atoms with Gasteiger partial charge in [-0.15, -0.1) is 0 Å². The van der Waals surface area contributed by atoms with Crippen molar-refractivity contribution < 1.29 is 23.8 Å². The van der Waals surface area contributed by atoms with E-state index >= 15 is 0 Å². The molecule has 7 nitrogen and oxygen atoms in total. The van der Waals surface area contributed by atoms with Gasteiger partial charge in [0, 0.05) is 31.7 Å². The zero-order valence-electron chi connectivity index (χ0n) is 17.0. The topological polar surface area (TPSA) is 96.1 Å². The number of carbonyl (C=O) groups excluding carboxylic acids is 1. The summed E-state index contributed by atoms with van der Waals surface area (Å²) >= 11 is 0. The van der Waals surface area contributed by atoms with E-state index in [2.05, 4.69) is 4.90 Å². The number of aromatic carboxylic acids is 1. The van der Waals surface area contributed by atoms with Gasteiger partial charge in [0.25, 0.3) is 5.91 Å². The average Bonchev–Trinajstić information content (AvgIpc) is 2.71. The number of nitrogen functional groups attached to an aromatic ring is 1. The second-order valence-electron chi connectivity index (χ2n) is 7.61. The van der Waals surface area contributed by atoms with Gasteiger partial charge in [-0.25, -0.2) is 9.18 Å². The molecule has 2 aromatic carbocycles. The smallest absolute Gasteiger partial charge is 0.337 e. The van der Waals surface area contributed by atoms with Crippen LogP contribution >= 0.6 is 0 Å². The Balaban J connectivity index is 1.59. The average molecular weight is 415 g/mol. The second kappa shape index (κ2) is 9.13. The Bertz CT molecular complexity index is 919. The standard InChI is InChI=1S/C22H26FN3O4/c1-14-11-26(15(2)10-25(14)12-16-6-8-17(23)9-7-16)20(27)13-30-19-5-3-4-18(21(19)24)22(28)29/h3-9,14-15H,10-13,24H2,1-2H3,(H,28,29)/t14-,15+/m1/s1. The SMILES string of the molecule is C[C@@H]1CN(C(=O)COc2cccc(C(=O)O)c2N)[C@@H](C)CN1Cc1ccc(F)cc1. The number of benzene rings is 2. The van der Waals surface area contributed by atoms with E-state index in [1.54, 1.807) is 23.1 Å². The van der Waals surface area contributed by atoms with Crippen LogP contribution in [-0.4, -0.2) is 58.6 Å². The Morgan fingerprint density at radius 1 is 1.13 bits per heavy atom. The van der Waals surface area contributed by atoms with Crippen LogP contribution in [0.5, 0.6) is 5.75 Å². The number of hydrogen-bond donors (Lipinski definition) is 2. The van der Waals surface area contributed by atoms with E-state index in [1.165, 1.54) is 24.3 Å². The number of carboxylic acids is 1. The lowest BCUT2D eigenvalue weighted by Gasteiger charge is -2.44. The van der Waals surface area contributed by atoms with Gasteiger partial charge < -0.3 is 20.5 Å². The van der Waals surface area contributed by atoms with E-state index in [-0.39, 0.29) is 47.4 Å². The van der Waals surface area contributed by atoms with Gasteiger partial charge in [0.2, 0.25) is 0 Å². The minimum absolute atomic E-state index is 0.00309. The van der Waals surface area contributed by atoms with E-state index in [1.807, 2.05) is 13.8 Å². The molecule has 0 saturated carbocycles. The summed E-state index contributed by atoms with van der Waals surface area (Å²) in [7, 11) is 0. The molecule has 1 aliphatic heterocycles. The maximum Gasteiger partial charge on any atom is 0.337 e. The summed E-state index contributed by atoms with van der Waals surface area (Å²) in [4.78, 5) is 28.0. The van der Waals surface area contributed by atoms with Gasteiger partial charge in [0.1, 0.15) is 11.6 Å². The highest BCUT2D eigenvalue weighted by Crippen LogP contribution is 2.25. The van der Waals surface area contributed by atoms with Gasteiger partial charge in [0.15, 0.2) is 6.61 Å². The van der Waals surface area contributed by atoms with Crippen molar-refractivity contribution in [3.8, 4) is 5.75 Å². The van der Waals surface area contributed by atoms with Crippen LogP contribution in [-0.2, 0) is 11.3 Å². The maximum atomic E-state index is 13.1. The summed E-state index contributed by atoms with van der Waals surface area (Å²) < 4.78 is 18.7. The van der Waals surface area contributed by atoms with Gasteiger partial charge in [-0.2, -0.15) is 0 Å². The van der Waals surface area contributed by atoms with Crippen LogP contribution in [0.4, 0.5) is 10.1 Å². The number of hydrogen-bond acceptors (Lipinski definition) is 5. The Labute approximate surface area is 174 Å². The molecular formula is C22H26FN3O4. The van der Waals surface area contributed by atoms with E-state index in [0.29, 0.717) is 19.6 Å². The summed E-state index contributed by atoms with van der Waals surface area (Å²) in [5.74, 6) is -1.41. The zero-order chi connectivity index (χ0) is 21.8. The molecule has 1 aliphatic rings. The lowest BCUT2D eigenvalue weighted by Crippen LogP contribution is -2.58. The van der Waals surface area contributed by atoms with Crippen LogP contribution < -0.4 is 10.5 Å². The molecular weight excluding hydrogens is 389 g/mol. The van der Waals surface area contributed by atoms with Gasteiger partial charge in [-0.3, -0.25) is 9.69 Å².